The lowest BCUT2D eigenvalue weighted by atomic mass is 10.2. The quantitative estimate of drug-likeness (QED) is 0.888. The number of amides is 1. The molecular formula is C16H28N4O2. The molecule has 0 aromatic carbocycles. The van der Waals surface area contributed by atoms with Crippen LogP contribution in [0.3, 0.4) is 0 Å². The Hall–Kier alpha value is -1.40. The third-order valence-electron chi connectivity index (χ3n) is 3.86. The minimum atomic E-state index is -0.204. The van der Waals surface area contributed by atoms with E-state index < -0.39 is 0 Å². The molecule has 2 heterocycles. The van der Waals surface area contributed by atoms with Gasteiger partial charge in [-0.25, -0.2) is 0 Å². The van der Waals surface area contributed by atoms with Crippen LogP contribution in [0.25, 0.3) is 0 Å². The smallest absolute Gasteiger partial charge is 0.239 e. The van der Waals surface area contributed by atoms with Crippen LogP contribution in [0.1, 0.15) is 33.3 Å². The maximum absolute atomic E-state index is 12.6. The zero-order chi connectivity index (χ0) is 16.3. The first-order valence-corrected chi connectivity index (χ1v) is 8.04. The molecule has 2 rings (SSSR count). The van der Waals surface area contributed by atoms with E-state index >= 15 is 0 Å². The van der Waals surface area contributed by atoms with E-state index in [1.165, 1.54) is 0 Å². The topological polar surface area (TPSA) is 59.4 Å². The summed E-state index contributed by atoms with van der Waals surface area (Å²) in [4.78, 5) is 14.5. The Labute approximate surface area is 132 Å². The first-order chi connectivity index (χ1) is 10.3. The predicted molar refractivity (Wildman–Crippen MR) is 85.6 cm³/mol. The molecule has 4 atom stereocenters. The number of carbonyl (C=O) groups excluding carboxylic acids is 1. The van der Waals surface area contributed by atoms with Crippen LogP contribution in [0.4, 0.5) is 0 Å². The second kappa shape index (κ2) is 7.24. The number of aromatic nitrogens is 2. The first kappa shape index (κ1) is 17.0. The molecular weight excluding hydrogens is 280 g/mol. The summed E-state index contributed by atoms with van der Waals surface area (Å²) >= 11 is 0. The van der Waals surface area contributed by atoms with Crippen molar-refractivity contribution in [3.05, 3.63) is 18.0 Å². The molecule has 1 N–H and O–H groups in total. The van der Waals surface area contributed by atoms with E-state index in [1.807, 2.05) is 49.7 Å². The molecule has 1 fully saturated rings. The standard InChI is InChI=1S/C16H28N4O2/c1-11-6-17-20(7-11)8-12(2)18-15(5)16(21)19-9-13(3)22-14(4)10-19/h6-7,12-15,18H,8-10H2,1-5H3/t12-,13-,14+,15-/m0/s1. The number of ether oxygens (including phenoxy) is 1. The van der Waals surface area contributed by atoms with Crippen molar-refractivity contribution < 1.29 is 9.53 Å². The summed E-state index contributed by atoms with van der Waals surface area (Å²) in [6.07, 6.45) is 4.06. The molecule has 0 aliphatic carbocycles. The van der Waals surface area contributed by atoms with Gasteiger partial charge in [-0.3, -0.25) is 9.48 Å². The molecule has 1 aliphatic rings. The molecule has 6 nitrogen and oxygen atoms in total. The average Bonchev–Trinajstić information content (AvgIpc) is 2.81. The molecule has 6 heteroatoms. The van der Waals surface area contributed by atoms with Gasteiger partial charge in [0.2, 0.25) is 5.91 Å². The van der Waals surface area contributed by atoms with Crippen molar-refractivity contribution in [3.8, 4) is 0 Å². The van der Waals surface area contributed by atoms with Crippen LogP contribution in [-0.4, -0.2) is 58.0 Å². The van der Waals surface area contributed by atoms with Gasteiger partial charge in [-0.1, -0.05) is 0 Å². The zero-order valence-electron chi connectivity index (χ0n) is 14.2. The van der Waals surface area contributed by atoms with Crippen molar-refractivity contribution in [1.29, 1.82) is 0 Å². The highest BCUT2D eigenvalue weighted by Crippen LogP contribution is 2.12. The fourth-order valence-corrected chi connectivity index (χ4v) is 3.03. The number of nitrogens with zero attached hydrogens (tertiary/aromatic N) is 3. The normalized spacial score (nSPS) is 25.0. The second-order valence-electron chi connectivity index (χ2n) is 6.53. The maximum atomic E-state index is 12.6. The van der Waals surface area contributed by atoms with Gasteiger partial charge in [0.05, 0.1) is 31.0 Å². The third kappa shape index (κ3) is 4.55. The third-order valence-corrected chi connectivity index (χ3v) is 3.86. The number of aryl methyl sites for hydroxylation is 1. The minimum absolute atomic E-state index is 0.101. The minimum Gasteiger partial charge on any atom is -0.372 e. The van der Waals surface area contributed by atoms with Crippen LogP contribution in [0, 0.1) is 6.92 Å². The van der Waals surface area contributed by atoms with Gasteiger partial charge in [0.15, 0.2) is 0 Å². The van der Waals surface area contributed by atoms with Crippen molar-refractivity contribution in [3.63, 3.8) is 0 Å². The summed E-state index contributed by atoms with van der Waals surface area (Å²) in [5.74, 6) is 0.144. The summed E-state index contributed by atoms with van der Waals surface area (Å²) < 4.78 is 7.59. The van der Waals surface area contributed by atoms with Gasteiger partial charge in [-0.15, -0.1) is 0 Å². The lowest BCUT2D eigenvalue weighted by molar-refractivity contribution is -0.145. The van der Waals surface area contributed by atoms with Crippen molar-refractivity contribution in [1.82, 2.24) is 20.0 Å². The SMILES string of the molecule is Cc1cnn(C[C@H](C)N[C@@H](C)C(=O)N2C[C@@H](C)O[C@@H](C)C2)c1. The highest BCUT2D eigenvalue weighted by molar-refractivity contribution is 5.81. The number of nitrogens with one attached hydrogen (secondary N) is 1. The Kier molecular flexibility index (Phi) is 5.58. The highest BCUT2D eigenvalue weighted by Gasteiger charge is 2.29. The van der Waals surface area contributed by atoms with Crippen LogP contribution in [-0.2, 0) is 16.1 Å². The van der Waals surface area contributed by atoms with Crippen LogP contribution < -0.4 is 5.32 Å². The summed E-state index contributed by atoms with van der Waals surface area (Å²) in [6.45, 7) is 12.1. The van der Waals surface area contributed by atoms with E-state index in [1.54, 1.807) is 0 Å². The van der Waals surface area contributed by atoms with E-state index in [9.17, 15) is 4.79 Å². The van der Waals surface area contributed by atoms with E-state index in [0.29, 0.717) is 13.1 Å². The molecule has 1 saturated heterocycles. The molecule has 0 saturated carbocycles. The van der Waals surface area contributed by atoms with Gasteiger partial charge in [-0.2, -0.15) is 5.10 Å². The fourth-order valence-electron chi connectivity index (χ4n) is 3.03. The molecule has 0 bridgehead atoms. The summed E-state index contributed by atoms with van der Waals surface area (Å²) in [7, 11) is 0. The molecule has 22 heavy (non-hydrogen) atoms. The van der Waals surface area contributed by atoms with Crippen LogP contribution >= 0.6 is 0 Å². The average molecular weight is 308 g/mol. The first-order valence-electron chi connectivity index (χ1n) is 8.04. The molecule has 1 aromatic rings. The Morgan fingerprint density at radius 2 is 2.05 bits per heavy atom. The Bertz CT molecular complexity index is 492. The molecule has 0 unspecified atom stereocenters. The lowest BCUT2D eigenvalue weighted by Crippen LogP contribution is -2.54. The summed E-state index contributed by atoms with van der Waals surface area (Å²) in [5, 5.41) is 7.65. The number of hydrogen-bond donors (Lipinski definition) is 1. The van der Waals surface area contributed by atoms with Crippen LogP contribution in [0.2, 0.25) is 0 Å². The van der Waals surface area contributed by atoms with Crippen LogP contribution in [0.15, 0.2) is 12.4 Å². The van der Waals surface area contributed by atoms with Gasteiger partial charge in [0.25, 0.3) is 0 Å². The highest BCUT2D eigenvalue weighted by atomic mass is 16.5. The molecule has 1 aromatic heterocycles. The Morgan fingerprint density at radius 1 is 1.41 bits per heavy atom. The van der Waals surface area contributed by atoms with Gasteiger partial charge >= 0.3 is 0 Å². The van der Waals surface area contributed by atoms with Gasteiger partial charge < -0.3 is 15.0 Å². The zero-order valence-corrected chi connectivity index (χ0v) is 14.2. The van der Waals surface area contributed by atoms with Crippen molar-refractivity contribution in [2.75, 3.05) is 13.1 Å². The van der Waals surface area contributed by atoms with E-state index in [4.69, 9.17) is 4.74 Å². The fraction of sp³-hybridized carbons (Fsp3) is 0.750. The monoisotopic (exact) mass is 308 g/mol. The van der Waals surface area contributed by atoms with Crippen molar-refractivity contribution >= 4 is 5.91 Å². The maximum Gasteiger partial charge on any atom is 0.239 e. The second-order valence-corrected chi connectivity index (χ2v) is 6.53. The summed E-state index contributed by atoms with van der Waals surface area (Å²) in [6, 6.07) is -0.0294. The molecule has 0 radical (unpaired) electrons. The number of hydrogen-bond acceptors (Lipinski definition) is 4. The molecule has 124 valence electrons. The van der Waals surface area contributed by atoms with Gasteiger partial charge in [-0.05, 0) is 40.2 Å². The Balaban J connectivity index is 1.85. The number of morpholine rings is 1. The van der Waals surface area contributed by atoms with Crippen LogP contribution in [0.5, 0.6) is 0 Å². The molecule has 1 aliphatic heterocycles. The largest absolute Gasteiger partial charge is 0.372 e. The van der Waals surface area contributed by atoms with E-state index in [0.717, 1.165) is 12.1 Å². The number of rotatable bonds is 5. The Morgan fingerprint density at radius 3 is 2.59 bits per heavy atom. The number of carbonyl (C=O) groups is 1. The lowest BCUT2D eigenvalue weighted by Gasteiger charge is -2.37. The predicted octanol–water partition coefficient (Wildman–Crippen LogP) is 1.19. The van der Waals surface area contributed by atoms with Crippen molar-refractivity contribution in [2.45, 2.75) is 65.5 Å². The molecule has 0 spiro atoms. The van der Waals surface area contributed by atoms with E-state index in [2.05, 4.69) is 17.3 Å². The van der Waals surface area contributed by atoms with Gasteiger partial charge in [0.1, 0.15) is 0 Å². The molecule has 1 amide bonds. The van der Waals surface area contributed by atoms with Gasteiger partial charge in [0, 0.05) is 25.3 Å². The van der Waals surface area contributed by atoms with Crippen molar-refractivity contribution in [2.24, 2.45) is 0 Å². The summed E-state index contributed by atoms with van der Waals surface area (Å²) in [5.41, 5.74) is 1.15. The van der Waals surface area contributed by atoms with E-state index in [-0.39, 0.29) is 30.2 Å².